The van der Waals surface area contributed by atoms with Gasteiger partial charge < -0.3 is 9.64 Å². The number of fused-ring (bicyclic) bond motifs is 1. The van der Waals surface area contributed by atoms with Crippen molar-refractivity contribution < 1.29 is 22.7 Å². The molecule has 0 N–H and O–H groups in total. The maximum Gasteiger partial charge on any atom is 0.338 e. The van der Waals surface area contributed by atoms with Gasteiger partial charge in [0.05, 0.1) is 17.5 Å². The number of amides is 1. The van der Waals surface area contributed by atoms with Gasteiger partial charge in [-0.05, 0) is 70.2 Å². The van der Waals surface area contributed by atoms with Crippen molar-refractivity contribution in [3.05, 3.63) is 29.3 Å². The van der Waals surface area contributed by atoms with Crippen LogP contribution in [0.1, 0.15) is 56.0 Å². The highest BCUT2D eigenvalue weighted by Crippen LogP contribution is 2.34. The van der Waals surface area contributed by atoms with Crippen LogP contribution in [0.4, 0.5) is 5.69 Å². The van der Waals surface area contributed by atoms with E-state index >= 15 is 0 Å². The second-order valence-corrected chi connectivity index (χ2v) is 9.82. The smallest absolute Gasteiger partial charge is 0.338 e. The van der Waals surface area contributed by atoms with Gasteiger partial charge in [0.2, 0.25) is 10.0 Å². The Hall–Kier alpha value is -2.09. The predicted molar refractivity (Wildman–Crippen MR) is 107 cm³/mol. The fourth-order valence-electron chi connectivity index (χ4n) is 4.43. The van der Waals surface area contributed by atoms with E-state index in [0.717, 1.165) is 24.8 Å². The third-order valence-corrected chi connectivity index (χ3v) is 6.91. The molecule has 1 fully saturated rings. The average Bonchev–Trinajstić information content (AvgIpc) is 2.94. The zero-order valence-electron chi connectivity index (χ0n) is 16.8. The minimum atomic E-state index is -3.38. The summed E-state index contributed by atoms with van der Waals surface area (Å²) in [4.78, 5) is 26.8. The minimum Gasteiger partial charge on any atom is -0.452 e. The monoisotopic (exact) mass is 408 g/mol. The number of carbonyl (C=O) groups excluding carboxylic acids is 2. The predicted octanol–water partition coefficient (Wildman–Crippen LogP) is 2.34. The Morgan fingerprint density at radius 3 is 2.36 bits per heavy atom. The third kappa shape index (κ3) is 4.01. The number of ether oxygens (including phenoxy) is 1. The van der Waals surface area contributed by atoms with Gasteiger partial charge in [0, 0.05) is 18.1 Å². The molecule has 0 saturated carbocycles. The summed E-state index contributed by atoms with van der Waals surface area (Å²) in [5, 5.41) is 0. The van der Waals surface area contributed by atoms with Crippen LogP contribution in [-0.2, 0) is 26.0 Å². The molecule has 7 nitrogen and oxygen atoms in total. The van der Waals surface area contributed by atoms with E-state index in [-0.39, 0.29) is 30.6 Å². The summed E-state index contributed by atoms with van der Waals surface area (Å²) >= 11 is 0. The van der Waals surface area contributed by atoms with Crippen LogP contribution in [-0.4, -0.2) is 56.2 Å². The first-order chi connectivity index (χ1) is 13.1. The van der Waals surface area contributed by atoms with Crippen molar-refractivity contribution >= 4 is 27.6 Å². The van der Waals surface area contributed by atoms with Crippen LogP contribution >= 0.6 is 0 Å². The van der Waals surface area contributed by atoms with Crippen LogP contribution in [0.5, 0.6) is 0 Å². The quantitative estimate of drug-likeness (QED) is 0.714. The van der Waals surface area contributed by atoms with E-state index in [2.05, 4.69) is 0 Å². The van der Waals surface area contributed by atoms with Crippen LogP contribution < -0.4 is 4.31 Å². The van der Waals surface area contributed by atoms with E-state index < -0.39 is 16.0 Å². The number of nitrogens with zero attached hydrogens (tertiary/aromatic N) is 2. The molecule has 3 atom stereocenters. The highest BCUT2D eigenvalue weighted by Gasteiger charge is 2.33. The lowest BCUT2D eigenvalue weighted by atomic mass is 9.97. The molecule has 2 heterocycles. The molecule has 0 bridgehead atoms. The van der Waals surface area contributed by atoms with Crippen LogP contribution in [0, 0.1) is 0 Å². The van der Waals surface area contributed by atoms with Gasteiger partial charge in [-0.2, -0.15) is 0 Å². The highest BCUT2D eigenvalue weighted by molar-refractivity contribution is 7.92. The van der Waals surface area contributed by atoms with Gasteiger partial charge in [0.25, 0.3) is 5.91 Å². The second kappa shape index (κ2) is 7.73. The maximum absolute atomic E-state index is 12.5. The molecule has 1 saturated heterocycles. The van der Waals surface area contributed by atoms with Crippen molar-refractivity contribution in [2.45, 2.75) is 64.6 Å². The lowest BCUT2D eigenvalue weighted by molar-refractivity contribution is -0.140. The molecule has 0 aliphatic carbocycles. The summed E-state index contributed by atoms with van der Waals surface area (Å²) in [5.74, 6) is -0.745. The number of likely N-dealkylation sites (tertiary alicyclic amines) is 1. The number of anilines is 1. The first kappa shape index (κ1) is 20.6. The van der Waals surface area contributed by atoms with Gasteiger partial charge in [-0.1, -0.05) is 0 Å². The fraction of sp³-hybridized carbons (Fsp3) is 0.600. The Morgan fingerprint density at radius 2 is 1.75 bits per heavy atom. The Labute approximate surface area is 166 Å². The van der Waals surface area contributed by atoms with Gasteiger partial charge in [-0.3, -0.25) is 9.10 Å². The van der Waals surface area contributed by atoms with Crippen LogP contribution in [0.15, 0.2) is 18.2 Å². The van der Waals surface area contributed by atoms with Crippen molar-refractivity contribution in [2.75, 3.05) is 17.2 Å². The third-order valence-electron chi connectivity index (χ3n) is 5.63. The van der Waals surface area contributed by atoms with E-state index in [1.165, 1.54) is 10.6 Å². The first-order valence-corrected chi connectivity index (χ1v) is 11.5. The van der Waals surface area contributed by atoms with Crippen molar-refractivity contribution in [1.29, 1.82) is 0 Å². The van der Waals surface area contributed by atoms with Gasteiger partial charge in [0.15, 0.2) is 6.61 Å². The van der Waals surface area contributed by atoms with E-state index in [0.29, 0.717) is 17.7 Å². The molecule has 3 rings (SSSR count). The molecule has 0 spiro atoms. The number of hydrogen-bond acceptors (Lipinski definition) is 5. The number of benzene rings is 1. The lowest BCUT2D eigenvalue weighted by Crippen LogP contribution is -2.49. The number of piperidine rings is 1. The summed E-state index contributed by atoms with van der Waals surface area (Å²) < 4.78 is 30.6. The van der Waals surface area contributed by atoms with Crippen molar-refractivity contribution in [2.24, 2.45) is 0 Å². The SMILES string of the molecule is CC1CCCC(C)N1C(=O)COC(=O)c1ccc2c(c1)CC(C)N2S(C)(=O)=O. The van der Waals surface area contributed by atoms with Gasteiger partial charge in [-0.15, -0.1) is 0 Å². The minimum absolute atomic E-state index is 0.151. The molecule has 28 heavy (non-hydrogen) atoms. The highest BCUT2D eigenvalue weighted by atomic mass is 32.2. The molecular formula is C20H28N2O5S. The zero-order valence-corrected chi connectivity index (χ0v) is 17.7. The van der Waals surface area contributed by atoms with Crippen LogP contribution in [0.2, 0.25) is 0 Å². The molecule has 154 valence electrons. The lowest BCUT2D eigenvalue weighted by Gasteiger charge is -2.38. The average molecular weight is 409 g/mol. The largest absolute Gasteiger partial charge is 0.452 e. The molecule has 1 aromatic carbocycles. The Kier molecular flexibility index (Phi) is 5.70. The van der Waals surface area contributed by atoms with Crippen LogP contribution in [0.3, 0.4) is 0 Å². The Bertz CT molecular complexity index is 873. The van der Waals surface area contributed by atoms with Crippen molar-refractivity contribution in [1.82, 2.24) is 4.90 Å². The van der Waals surface area contributed by atoms with Gasteiger partial charge in [-0.25, -0.2) is 13.2 Å². The zero-order chi connectivity index (χ0) is 20.6. The van der Waals surface area contributed by atoms with Crippen LogP contribution in [0.25, 0.3) is 0 Å². The van der Waals surface area contributed by atoms with E-state index in [9.17, 15) is 18.0 Å². The summed E-state index contributed by atoms with van der Waals surface area (Å²) in [7, 11) is -3.38. The summed E-state index contributed by atoms with van der Waals surface area (Å²) in [5.41, 5.74) is 1.71. The van der Waals surface area contributed by atoms with Gasteiger partial charge in [0.1, 0.15) is 0 Å². The number of esters is 1. The molecule has 2 aliphatic heterocycles. The summed E-state index contributed by atoms with van der Waals surface area (Å²) in [6, 6.07) is 4.95. The topological polar surface area (TPSA) is 84.0 Å². The molecule has 1 amide bonds. The number of carbonyl (C=O) groups is 2. The van der Waals surface area contributed by atoms with E-state index in [1.54, 1.807) is 18.2 Å². The van der Waals surface area contributed by atoms with E-state index in [1.807, 2.05) is 25.7 Å². The molecule has 0 aromatic heterocycles. The standard InChI is InChI=1S/C20H28N2O5S/c1-13-6-5-7-14(2)21(13)19(23)12-27-20(24)16-8-9-18-17(11-16)10-15(3)22(18)28(4,25)26/h8-9,11,13-15H,5-7,10,12H2,1-4H3. The van der Waals surface area contributed by atoms with Crippen molar-refractivity contribution in [3.8, 4) is 0 Å². The molecule has 1 aromatic rings. The molecule has 0 radical (unpaired) electrons. The van der Waals surface area contributed by atoms with E-state index in [4.69, 9.17) is 4.74 Å². The number of sulfonamides is 1. The normalized spacial score (nSPS) is 24.8. The first-order valence-electron chi connectivity index (χ1n) is 9.70. The molecular weight excluding hydrogens is 380 g/mol. The van der Waals surface area contributed by atoms with Gasteiger partial charge >= 0.3 is 5.97 Å². The second-order valence-electron chi connectivity index (χ2n) is 7.96. The Morgan fingerprint density at radius 1 is 1.11 bits per heavy atom. The number of hydrogen-bond donors (Lipinski definition) is 0. The summed E-state index contributed by atoms with van der Waals surface area (Å²) in [6.07, 6.45) is 4.73. The molecule has 8 heteroatoms. The fourth-order valence-corrected chi connectivity index (χ4v) is 5.70. The Balaban J connectivity index is 1.68. The van der Waals surface area contributed by atoms with Crippen molar-refractivity contribution in [3.63, 3.8) is 0 Å². The molecule has 3 unspecified atom stereocenters. The molecule has 2 aliphatic rings. The number of rotatable bonds is 4. The summed E-state index contributed by atoms with van der Waals surface area (Å²) in [6.45, 7) is 5.59. The maximum atomic E-state index is 12.5.